The fraction of sp³-hybridized carbons (Fsp3) is 0.0588. The lowest BCUT2D eigenvalue weighted by Crippen LogP contribution is -2.26. The lowest BCUT2D eigenvalue weighted by Gasteiger charge is -2.35. The normalized spacial score (nSPS) is 12.9. The molecule has 21 rings (SSSR count). The summed E-state index contributed by atoms with van der Waals surface area (Å²) in [6.45, 7) is 9.46. The minimum absolute atomic E-state index is 0.154. The van der Waals surface area contributed by atoms with Gasteiger partial charge in [-0.3, -0.25) is 0 Å². The molecule has 520 valence electrons. The summed E-state index contributed by atoms with van der Waals surface area (Å²) in [5.74, 6) is 3.92. The smallest absolute Gasteiger partial charge is 0.164 e. The van der Waals surface area contributed by atoms with Crippen molar-refractivity contribution < 1.29 is 0 Å². The monoisotopic (exact) mass is 1410 g/mol. The third-order valence-corrected chi connectivity index (χ3v) is 22.5. The van der Waals surface area contributed by atoms with Crippen molar-refractivity contribution >= 4 is 43.6 Å². The van der Waals surface area contributed by atoms with Gasteiger partial charge in [-0.05, 0) is 145 Å². The molecule has 0 saturated heterocycles. The fourth-order valence-electron chi connectivity index (χ4n) is 16.8. The Morgan fingerprint density at radius 3 is 0.791 bits per heavy atom. The number of aromatic nitrogens is 8. The largest absolute Gasteiger partial charge is 0.309 e. The van der Waals surface area contributed by atoms with Crippen molar-refractivity contribution in [2.75, 3.05) is 0 Å². The van der Waals surface area contributed by atoms with E-state index in [2.05, 4.69) is 279 Å². The summed E-state index contributed by atoms with van der Waals surface area (Å²) in [5, 5.41) is 5.16. The number of hydrogen-bond donors (Lipinski definition) is 0. The second-order valence-corrected chi connectivity index (χ2v) is 29.8. The molecule has 0 amide bonds. The molecule has 0 aliphatic carbocycles. The Hall–Kier alpha value is -14.1. The van der Waals surface area contributed by atoms with E-state index in [-0.39, 0.29) is 10.8 Å². The van der Waals surface area contributed by atoms with Crippen molar-refractivity contribution in [2.45, 2.75) is 38.5 Å². The summed E-state index contributed by atoms with van der Waals surface area (Å²) in [5.41, 5.74) is 30.2. The molecule has 0 fully saturated rings. The Kier molecular flexibility index (Phi) is 15.7. The standard InChI is InChI=1S/C54H38N4.C48H34N4/c1-54(2)46-24-10-12-26-49(46)58-48-25-11-9-23-44(48)45-33-43(34-47(54)50(45)58)41-21-13-19-39(31-41)35-27-29-36(30-28-35)40-20-14-22-42(32-40)53-56-51(37-15-5-3-6-16-37)55-52(57-53)38-17-7-4-8-18-38;1-48(2)40-21-10-12-23-43(40)52-42-22-11-9-20-38(42)39-29-37(30-41(48)44(39)52)36-19-13-18-35(28-36)31-24-26-34(27-25-31)47-50-45(32-14-5-3-6-15-32)49-46(51-47)33-16-7-4-8-17-33/h3-34H,1-2H3;3-30H,1-2H3. The van der Waals surface area contributed by atoms with Crippen LogP contribution < -0.4 is 0 Å². The van der Waals surface area contributed by atoms with Crippen LogP contribution in [0, 0.1) is 0 Å². The van der Waals surface area contributed by atoms with Crippen LogP contribution in [0.2, 0.25) is 0 Å². The molecule has 0 bridgehead atoms. The Bertz CT molecular complexity index is 6680. The number of benzene rings is 15. The van der Waals surface area contributed by atoms with E-state index < -0.39 is 0 Å². The average Bonchev–Trinajstić information content (AvgIpc) is 1.52. The zero-order valence-corrected chi connectivity index (χ0v) is 61.2. The molecule has 2 aliphatic heterocycles. The van der Waals surface area contributed by atoms with Gasteiger partial charge in [-0.15, -0.1) is 0 Å². The van der Waals surface area contributed by atoms with Crippen LogP contribution in [0.25, 0.3) is 179 Å². The highest BCUT2D eigenvalue weighted by Crippen LogP contribution is 2.52. The molecule has 0 N–H and O–H groups in total. The van der Waals surface area contributed by atoms with Crippen molar-refractivity contribution in [2.24, 2.45) is 0 Å². The van der Waals surface area contributed by atoms with E-state index in [0.29, 0.717) is 34.9 Å². The van der Waals surface area contributed by atoms with Gasteiger partial charge in [0.2, 0.25) is 0 Å². The molecule has 8 heteroatoms. The zero-order chi connectivity index (χ0) is 73.6. The second kappa shape index (κ2) is 26.4. The molecule has 15 aromatic carbocycles. The van der Waals surface area contributed by atoms with Crippen LogP contribution in [-0.4, -0.2) is 39.0 Å². The number of para-hydroxylation sites is 4. The molecule has 0 saturated carbocycles. The van der Waals surface area contributed by atoms with Crippen molar-refractivity contribution in [3.05, 3.63) is 386 Å². The fourth-order valence-corrected chi connectivity index (χ4v) is 16.8. The number of fused-ring (bicyclic) bond motifs is 10. The first-order chi connectivity index (χ1) is 54.0. The molecule has 2 aliphatic rings. The van der Waals surface area contributed by atoms with Crippen LogP contribution in [0.3, 0.4) is 0 Å². The molecule has 0 radical (unpaired) electrons. The Labute approximate surface area is 638 Å². The van der Waals surface area contributed by atoms with Gasteiger partial charge in [0.05, 0.1) is 33.4 Å². The van der Waals surface area contributed by atoms with Crippen LogP contribution in [0.4, 0.5) is 0 Å². The van der Waals surface area contributed by atoms with Crippen LogP contribution in [-0.2, 0) is 10.8 Å². The Morgan fingerprint density at radius 2 is 0.436 bits per heavy atom. The second-order valence-electron chi connectivity index (χ2n) is 29.8. The quantitative estimate of drug-likeness (QED) is 0.128. The van der Waals surface area contributed by atoms with E-state index in [4.69, 9.17) is 29.9 Å². The Morgan fingerprint density at radius 1 is 0.182 bits per heavy atom. The van der Waals surface area contributed by atoms with E-state index in [1.165, 1.54) is 111 Å². The van der Waals surface area contributed by atoms with Gasteiger partial charge >= 0.3 is 0 Å². The van der Waals surface area contributed by atoms with Gasteiger partial charge in [0, 0.05) is 65.8 Å². The predicted octanol–water partition coefficient (Wildman–Crippen LogP) is 25.6. The lowest BCUT2D eigenvalue weighted by molar-refractivity contribution is 0.630. The summed E-state index contributed by atoms with van der Waals surface area (Å²) < 4.78 is 4.95. The third kappa shape index (κ3) is 11.3. The van der Waals surface area contributed by atoms with Crippen molar-refractivity contribution in [1.29, 1.82) is 0 Å². The summed E-state index contributed by atoms with van der Waals surface area (Å²) in [6.07, 6.45) is 0. The lowest BCUT2D eigenvalue weighted by atomic mass is 9.74. The Balaban J connectivity index is 0.000000145. The average molecular weight is 1410 g/mol. The number of hydrogen-bond acceptors (Lipinski definition) is 6. The maximum Gasteiger partial charge on any atom is 0.164 e. The van der Waals surface area contributed by atoms with E-state index >= 15 is 0 Å². The van der Waals surface area contributed by atoms with Gasteiger partial charge in [0.15, 0.2) is 34.9 Å². The first kappa shape index (κ1) is 65.4. The molecule has 4 aromatic heterocycles. The molecule has 110 heavy (non-hydrogen) atoms. The molecule has 8 nitrogen and oxygen atoms in total. The minimum atomic E-state index is -0.155. The number of nitrogens with zero attached hydrogens (tertiary/aromatic N) is 8. The topological polar surface area (TPSA) is 87.2 Å². The van der Waals surface area contributed by atoms with Crippen LogP contribution >= 0.6 is 0 Å². The molecular weight excluding hydrogens is 1340 g/mol. The van der Waals surface area contributed by atoms with E-state index in [9.17, 15) is 0 Å². The van der Waals surface area contributed by atoms with Crippen LogP contribution in [0.5, 0.6) is 0 Å². The highest BCUT2D eigenvalue weighted by molar-refractivity contribution is 6.14. The summed E-state index contributed by atoms with van der Waals surface area (Å²) >= 11 is 0. The molecular formula is C102H72N8. The van der Waals surface area contributed by atoms with Crippen molar-refractivity contribution in [3.8, 4) is 135 Å². The van der Waals surface area contributed by atoms with Gasteiger partial charge in [-0.25, -0.2) is 29.9 Å². The van der Waals surface area contributed by atoms with E-state index in [1.54, 1.807) is 0 Å². The van der Waals surface area contributed by atoms with Crippen molar-refractivity contribution in [3.63, 3.8) is 0 Å². The first-order valence-electron chi connectivity index (χ1n) is 37.6. The SMILES string of the molecule is CC1(C)c2ccccc2-n2c3ccccc3c3cc(-c4cccc(-c5ccc(-c6cccc(-c7nc(-c8ccccc8)nc(-c8ccccc8)n7)c6)cc5)c4)cc1c32.CC1(C)c2ccccc2-n2c3ccccc3c3cc(-c4cccc(-c5ccc(-c6nc(-c7ccccc7)nc(-c7ccccc7)n6)cc5)c4)cc1c32. The summed E-state index contributed by atoms with van der Waals surface area (Å²) in [7, 11) is 0. The van der Waals surface area contributed by atoms with Gasteiger partial charge < -0.3 is 9.13 Å². The summed E-state index contributed by atoms with van der Waals surface area (Å²) in [4.78, 5) is 29.5. The highest BCUT2D eigenvalue weighted by Gasteiger charge is 2.37. The van der Waals surface area contributed by atoms with Crippen LogP contribution in [0.1, 0.15) is 49.9 Å². The van der Waals surface area contributed by atoms with Gasteiger partial charge in [-0.2, -0.15) is 0 Å². The molecule has 0 atom stereocenters. The van der Waals surface area contributed by atoms with Gasteiger partial charge in [0.25, 0.3) is 0 Å². The first-order valence-corrected chi connectivity index (χ1v) is 37.6. The minimum Gasteiger partial charge on any atom is -0.309 e. The molecule has 6 heterocycles. The highest BCUT2D eigenvalue weighted by atomic mass is 15.1. The van der Waals surface area contributed by atoms with Gasteiger partial charge in [0.1, 0.15) is 0 Å². The molecule has 0 unspecified atom stereocenters. The van der Waals surface area contributed by atoms with Crippen LogP contribution in [0.15, 0.2) is 364 Å². The number of rotatable bonds is 11. The maximum absolute atomic E-state index is 4.96. The van der Waals surface area contributed by atoms with Gasteiger partial charge in [-0.1, -0.05) is 325 Å². The zero-order valence-electron chi connectivity index (χ0n) is 61.2. The maximum atomic E-state index is 4.96. The van der Waals surface area contributed by atoms with Crippen molar-refractivity contribution in [1.82, 2.24) is 39.0 Å². The van der Waals surface area contributed by atoms with E-state index in [1.807, 2.05) is 121 Å². The summed E-state index contributed by atoms with van der Waals surface area (Å²) in [6, 6.07) is 129. The molecule has 0 spiro atoms. The molecule has 19 aromatic rings. The third-order valence-electron chi connectivity index (χ3n) is 22.5. The van der Waals surface area contributed by atoms with E-state index in [0.717, 1.165) is 55.6 Å². The predicted molar refractivity (Wildman–Crippen MR) is 452 cm³/mol.